The molecule has 2 heterocycles. The Hall–Kier alpha value is -5.86. The Morgan fingerprint density at radius 1 is 0.250 bits per heavy atom. The fourth-order valence-corrected chi connectivity index (χ4v) is 6.98. The van der Waals surface area contributed by atoms with Crippen LogP contribution in [0.3, 0.4) is 0 Å². The van der Waals surface area contributed by atoms with Crippen molar-refractivity contribution in [3.05, 3.63) is 158 Å². The fraction of sp³-hybridized carbons (Fsp3) is 0. The molecule has 0 aliphatic carbocycles. The molecule has 204 valence electrons. The van der Waals surface area contributed by atoms with Crippen molar-refractivity contribution in [2.24, 2.45) is 0 Å². The summed E-state index contributed by atoms with van der Waals surface area (Å²) in [7, 11) is 0. The van der Waals surface area contributed by atoms with Crippen LogP contribution in [0.1, 0.15) is 0 Å². The van der Waals surface area contributed by atoms with Gasteiger partial charge in [-0.2, -0.15) is 0 Å². The van der Waals surface area contributed by atoms with Gasteiger partial charge in [-0.15, -0.1) is 0 Å². The van der Waals surface area contributed by atoms with Gasteiger partial charge in [0, 0.05) is 23.2 Å². The van der Waals surface area contributed by atoms with Crippen LogP contribution in [0.25, 0.3) is 86.4 Å². The van der Waals surface area contributed by atoms with Gasteiger partial charge in [-0.25, -0.2) is 0 Å². The topological polar surface area (TPSA) is 25.8 Å². The minimum atomic E-state index is 0.839. The number of hydrogen-bond donors (Lipinski definition) is 0. The number of fused-ring (bicyclic) bond motifs is 4. The molecule has 0 saturated carbocycles. The van der Waals surface area contributed by atoms with Gasteiger partial charge in [0.15, 0.2) is 0 Å². The van der Waals surface area contributed by atoms with Gasteiger partial charge >= 0.3 is 0 Å². The van der Waals surface area contributed by atoms with Gasteiger partial charge in [0.05, 0.1) is 11.0 Å². The SMILES string of the molecule is c1ccc2c(c1)ccc1cnc3ccccc3ncc3ccc4ccccc4c3c3c4ccccc4c(c4ccccc43)c12. The van der Waals surface area contributed by atoms with E-state index in [1.54, 1.807) is 0 Å². The van der Waals surface area contributed by atoms with Gasteiger partial charge in [0.25, 0.3) is 0 Å². The zero-order chi connectivity index (χ0) is 29.0. The Bertz CT molecular complexity index is 2480. The summed E-state index contributed by atoms with van der Waals surface area (Å²) >= 11 is 0. The lowest BCUT2D eigenvalue weighted by atomic mass is 9.89. The Morgan fingerprint density at radius 2 is 0.568 bits per heavy atom. The number of aromatic nitrogens is 2. The van der Waals surface area contributed by atoms with Gasteiger partial charge in [0.1, 0.15) is 0 Å². The molecular formula is C42H26N2. The monoisotopic (exact) mass is 558 g/mol. The third kappa shape index (κ3) is 3.75. The zero-order valence-corrected chi connectivity index (χ0v) is 23.9. The van der Waals surface area contributed by atoms with E-state index in [9.17, 15) is 0 Å². The van der Waals surface area contributed by atoms with Gasteiger partial charge < -0.3 is 0 Å². The molecule has 0 amide bonds. The molecule has 0 aliphatic rings. The fourth-order valence-electron chi connectivity index (χ4n) is 6.98. The number of benzene rings is 8. The lowest BCUT2D eigenvalue weighted by molar-refractivity contribution is 1.40. The van der Waals surface area contributed by atoms with E-state index in [1.807, 2.05) is 36.7 Å². The maximum absolute atomic E-state index is 5.07. The number of para-hydroxylation sites is 2. The molecule has 44 heavy (non-hydrogen) atoms. The summed E-state index contributed by atoms with van der Waals surface area (Å²) in [5.41, 5.74) is 1.68. The van der Waals surface area contributed by atoms with Crippen LogP contribution in [0.4, 0.5) is 0 Å². The van der Waals surface area contributed by atoms with E-state index >= 15 is 0 Å². The first-order chi connectivity index (χ1) is 21.8. The van der Waals surface area contributed by atoms with Crippen LogP contribution in [0.2, 0.25) is 0 Å². The molecule has 0 atom stereocenters. The zero-order valence-electron chi connectivity index (χ0n) is 23.9. The standard InChI is InChI=1S/C42H26N2/c1-3-13-31-27(11-1)21-23-29-25-43-37-19-9-10-20-38(37)44-26-30-24-22-28-12-2-4-14-32(28)40(30)42-35-17-7-5-15-33(35)41(39(29)31)34-16-6-8-18-36(34)42/h1-26H. The molecule has 0 N–H and O–H groups in total. The summed E-state index contributed by atoms with van der Waals surface area (Å²) in [4.78, 5) is 10.1. The van der Waals surface area contributed by atoms with Crippen molar-refractivity contribution in [1.82, 2.24) is 9.97 Å². The van der Waals surface area contributed by atoms with Crippen molar-refractivity contribution in [1.29, 1.82) is 0 Å². The Morgan fingerprint density at radius 3 is 0.977 bits per heavy atom. The minimum absolute atomic E-state index is 0.839. The van der Waals surface area contributed by atoms with E-state index in [0.717, 1.165) is 21.8 Å². The molecule has 2 bridgehead atoms. The Kier molecular flexibility index (Phi) is 5.54. The minimum Gasteiger partial charge on any atom is -0.254 e. The molecule has 0 unspecified atom stereocenters. The average molecular weight is 559 g/mol. The highest BCUT2D eigenvalue weighted by atomic mass is 14.7. The number of hydrogen-bond acceptors (Lipinski definition) is 2. The van der Waals surface area contributed by atoms with Crippen LogP contribution >= 0.6 is 0 Å². The van der Waals surface area contributed by atoms with Gasteiger partial charge in [-0.05, 0) is 76.8 Å². The van der Waals surface area contributed by atoms with E-state index < -0.39 is 0 Å². The number of nitrogens with zero attached hydrogens (tertiary/aromatic N) is 2. The summed E-state index contributed by atoms with van der Waals surface area (Å²) in [6.07, 6.45) is 4.03. The highest BCUT2D eigenvalue weighted by molar-refractivity contribution is 6.38. The predicted molar refractivity (Wildman–Crippen MR) is 189 cm³/mol. The lowest BCUT2D eigenvalue weighted by Crippen LogP contribution is -1.87. The maximum atomic E-state index is 5.07. The normalized spacial score (nSPS) is 11.6. The summed E-state index contributed by atoms with van der Waals surface area (Å²) in [6.45, 7) is 0. The smallest absolute Gasteiger partial charge is 0.0886 e. The molecule has 0 radical (unpaired) electrons. The third-order valence-corrected chi connectivity index (χ3v) is 8.92. The van der Waals surface area contributed by atoms with Crippen molar-refractivity contribution in [3.63, 3.8) is 0 Å². The van der Waals surface area contributed by atoms with E-state index in [0.29, 0.717) is 0 Å². The molecule has 2 aromatic heterocycles. The molecule has 0 saturated heterocycles. The summed E-state index contributed by atoms with van der Waals surface area (Å²) in [6, 6.07) is 52.1. The predicted octanol–water partition coefficient (Wildman–Crippen LogP) is 11.4. The highest BCUT2D eigenvalue weighted by Crippen LogP contribution is 2.42. The van der Waals surface area contributed by atoms with Crippen LogP contribution in [0.5, 0.6) is 0 Å². The van der Waals surface area contributed by atoms with Crippen molar-refractivity contribution in [2.75, 3.05) is 0 Å². The van der Waals surface area contributed by atoms with E-state index in [2.05, 4.69) is 121 Å². The molecular weight excluding hydrogens is 532 g/mol. The van der Waals surface area contributed by atoms with Gasteiger partial charge in [-0.1, -0.05) is 133 Å². The van der Waals surface area contributed by atoms with Crippen LogP contribution in [0, 0.1) is 0 Å². The first-order valence-electron chi connectivity index (χ1n) is 15.0. The second kappa shape index (κ2) is 9.86. The van der Waals surface area contributed by atoms with Crippen molar-refractivity contribution < 1.29 is 0 Å². The van der Waals surface area contributed by atoms with Crippen molar-refractivity contribution in [2.45, 2.75) is 0 Å². The average Bonchev–Trinajstić information content (AvgIpc) is 3.09. The van der Waals surface area contributed by atoms with Gasteiger partial charge in [0.2, 0.25) is 0 Å². The molecule has 0 aliphatic heterocycles. The molecule has 0 spiro atoms. The second-order valence-electron chi connectivity index (χ2n) is 11.3. The summed E-state index contributed by atoms with van der Waals surface area (Å²) in [5, 5.41) is 16.7. The first kappa shape index (κ1) is 24.7. The van der Waals surface area contributed by atoms with Crippen molar-refractivity contribution in [3.8, 4) is 0 Å². The van der Waals surface area contributed by atoms with Gasteiger partial charge in [-0.3, -0.25) is 9.97 Å². The third-order valence-electron chi connectivity index (χ3n) is 8.92. The second-order valence-corrected chi connectivity index (χ2v) is 11.3. The van der Waals surface area contributed by atoms with Crippen molar-refractivity contribution >= 4 is 86.4 Å². The first-order valence-corrected chi connectivity index (χ1v) is 15.0. The Labute approximate surface area is 253 Å². The van der Waals surface area contributed by atoms with E-state index in [4.69, 9.17) is 9.97 Å². The molecule has 10 rings (SSSR count). The maximum Gasteiger partial charge on any atom is 0.0886 e. The summed E-state index contributed by atoms with van der Waals surface area (Å²) in [5.74, 6) is 0. The quantitative estimate of drug-likeness (QED) is 0.173. The lowest BCUT2D eigenvalue weighted by Gasteiger charge is -2.14. The molecule has 0 fully saturated rings. The highest BCUT2D eigenvalue weighted by Gasteiger charge is 2.14. The van der Waals surface area contributed by atoms with E-state index in [1.165, 1.54) is 64.6 Å². The van der Waals surface area contributed by atoms with E-state index in [-0.39, 0.29) is 0 Å². The van der Waals surface area contributed by atoms with Crippen LogP contribution in [-0.2, 0) is 0 Å². The molecule has 2 heteroatoms. The molecule has 8 aromatic carbocycles. The molecule has 10 aromatic rings. The largest absolute Gasteiger partial charge is 0.254 e. The van der Waals surface area contributed by atoms with Crippen LogP contribution < -0.4 is 0 Å². The van der Waals surface area contributed by atoms with Crippen LogP contribution in [0.15, 0.2) is 158 Å². The molecule has 2 nitrogen and oxygen atoms in total. The summed E-state index contributed by atoms with van der Waals surface area (Å²) < 4.78 is 0. The number of rotatable bonds is 0. The van der Waals surface area contributed by atoms with Crippen LogP contribution in [-0.4, -0.2) is 9.97 Å². The Balaban J connectivity index is 1.74.